The molecule has 0 aliphatic heterocycles. The number of hydrogen-bond acceptors (Lipinski definition) is 4. The number of hydrogen-bond donors (Lipinski definition) is 3. The van der Waals surface area contributed by atoms with Crippen molar-refractivity contribution in [1.82, 2.24) is 20.5 Å². The third-order valence-corrected chi connectivity index (χ3v) is 4.70. The minimum absolute atomic E-state index is 0.192. The molecule has 0 spiro atoms. The molecule has 2 amide bonds. The predicted octanol–water partition coefficient (Wildman–Crippen LogP) is 5.41. The minimum atomic E-state index is -4.75. The van der Waals surface area contributed by atoms with Crippen molar-refractivity contribution < 1.29 is 22.7 Å². The number of carbonyl (C=O) groups excluding carboxylic acids is 1. The highest BCUT2D eigenvalue weighted by molar-refractivity contribution is 5.95. The summed E-state index contributed by atoms with van der Waals surface area (Å²) in [6, 6.07) is 15.9. The summed E-state index contributed by atoms with van der Waals surface area (Å²) < 4.78 is 40.9. The normalized spacial score (nSPS) is 12.4. The van der Waals surface area contributed by atoms with Crippen LogP contribution in [0.3, 0.4) is 0 Å². The van der Waals surface area contributed by atoms with Crippen LogP contribution in [0.15, 0.2) is 66.9 Å². The van der Waals surface area contributed by atoms with E-state index in [1.165, 1.54) is 30.5 Å². The number of ether oxygens (including phenoxy) is 1. The number of urea groups is 1. The molecule has 2 heterocycles. The summed E-state index contributed by atoms with van der Waals surface area (Å²) in [5, 5.41) is 13.2. The number of aromatic nitrogens is 3. The first kappa shape index (κ1) is 21.2. The number of anilines is 1. The molecule has 0 saturated carbocycles. The number of alkyl halides is 3. The summed E-state index contributed by atoms with van der Waals surface area (Å²) in [5.74, 6) is 0.000771. The van der Waals surface area contributed by atoms with Crippen LogP contribution in [0.5, 0.6) is 5.75 Å². The van der Waals surface area contributed by atoms with Crippen LogP contribution >= 0.6 is 0 Å². The number of benzene rings is 2. The first-order valence-corrected chi connectivity index (χ1v) is 9.61. The van der Waals surface area contributed by atoms with Crippen molar-refractivity contribution in [3.05, 3.63) is 72.4 Å². The molecule has 3 N–H and O–H groups in total. The Labute approximate surface area is 180 Å². The maximum absolute atomic E-state index is 12.3. The quantitative estimate of drug-likeness (QED) is 0.386. The van der Waals surface area contributed by atoms with E-state index in [4.69, 9.17) is 0 Å². The highest BCUT2D eigenvalue weighted by atomic mass is 19.4. The van der Waals surface area contributed by atoms with Gasteiger partial charge in [0.05, 0.1) is 11.6 Å². The van der Waals surface area contributed by atoms with Crippen LogP contribution in [0.4, 0.5) is 23.8 Å². The smallest absolute Gasteiger partial charge is 0.406 e. The molecule has 10 heteroatoms. The topological polar surface area (TPSA) is 91.9 Å². The zero-order chi connectivity index (χ0) is 22.7. The lowest BCUT2D eigenvalue weighted by molar-refractivity contribution is -0.274. The van der Waals surface area contributed by atoms with Crippen molar-refractivity contribution in [3.8, 4) is 17.0 Å². The number of aromatic amines is 1. The van der Waals surface area contributed by atoms with Crippen LogP contribution in [0, 0.1) is 0 Å². The van der Waals surface area contributed by atoms with Gasteiger partial charge in [-0.3, -0.25) is 10.4 Å². The zero-order valence-corrected chi connectivity index (χ0v) is 16.8. The Morgan fingerprint density at radius 3 is 2.50 bits per heavy atom. The van der Waals surface area contributed by atoms with E-state index >= 15 is 0 Å². The number of carbonyl (C=O) groups is 1. The Bertz CT molecular complexity index is 1220. The summed E-state index contributed by atoms with van der Waals surface area (Å²) in [6.07, 6.45) is -3.22. The number of pyridine rings is 1. The maximum Gasteiger partial charge on any atom is 0.573 e. The van der Waals surface area contributed by atoms with Crippen molar-refractivity contribution in [2.75, 3.05) is 5.32 Å². The van der Waals surface area contributed by atoms with Crippen LogP contribution in [-0.4, -0.2) is 27.6 Å². The number of rotatable bonds is 5. The zero-order valence-electron chi connectivity index (χ0n) is 16.8. The Morgan fingerprint density at radius 1 is 1.09 bits per heavy atom. The summed E-state index contributed by atoms with van der Waals surface area (Å²) in [5.41, 5.74) is 2.68. The van der Waals surface area contributed by atoms with Gasteiger partial charge in [-0.2, -0.15) is 5.10 Å². The molecular formula is C22H18F3N5O2. The molecule has 2 aromatic carbocycles. The first-order chi connectivity index (χ1) is 15.3. The van der Waals surface area contributed by atoms with Gasteiger partial charge in [0.1, 0.15) is 17.3 Å². The molecule has 0 saturated heterocycles. The van der Waals surface area contributed by atoms with Gasteiger partial charge in [-0.1, -0.05) is 30.3 Å². The monoisotopic (exact) mass is 441 g/mol. The first-order valence-electron chi connectivity index (χ1n) is 9.61. The second-order valence-electron chi connectivity index (χ2n) is 6.99. The van der Waals surface area contributed by atoms with E-state index < -0.39 is 12.4 Å². The van der Waals surface area contributed by atoms with Crippen molar-refractivity contribution >= 4 is 22.8 Å². The third-order valence-electron chi connectivity index (χ3n) is 4.70. The second kappa shape index (κ2) is 8.58. The average molecular weight is 441 g/mol. The van der Waals surface area contributed by atoms with Crippen LogP contribution in [0.1, 0.15) is 18.5 Å². The van der Waals surface area contributed by atoms with Crippen LogP contribution < -0.4 is 15.4 Å². The Kier molecular flexibility index (Phi) is 5.67. The molecule has 0 fully saturated rings. The third kappa shape index (κ3) is 4.97. The minimum Gasteiger partial charge on any atom is -0.406 e. The summed E-state index contributed by atoms with van der Waals surface area (Å²) in [7, 11) is 0. The lowest BCUT2D eigenvalue weighted by Crippen LogP contribution is -2.31. The van der Waals surface area contributed by atoms with Crippen molar-refractivity contribution in [2.24, 2.45) is 0 Å². The molecule has 0 unspecified atom stereocenters. The van der Waals surface area contributed by atoms with Crippen LogP contribution in [0.2, 0.25) is 0 Å². The average Bonchev–Trinajstić information content (AvgIpc) is 3.17. The SMILES string of the molecule is C[C@@H](NC(=O)Nc1cc2[nH]nc(-c3ccc(OC(F)(F)F)cc3)c2cn1)c1ccccc1. The Balaban J connectivity index is 1.46. The van der Waals surface area contributed by atoms with E-state index in [1.807, 2.05) is 37.3 Å². The van der Waals surface area contributed by atoms with Gasteiger partial charge in [-0.15, -0.1) is 13.2 Å². The Morgan fingerprint density at radius 2 is 1.81 bits per heavy atom. The molecule has 0 aliphatic rings. The lowest BCUT2D eigenvalue weighted by atomic mass is 10.1. The second-order valence-corrected chi connectivity index (χ2v) is 6.99. The molecule has 164 valence electrons. The standard InChI is InChI=1S/C22H18F3N5O2/c1-13(14-5-3-2-4-6-14)27-21(31)28-19-11-18-17(12-26-19)20(30-29-18)15-7-9-16(10-8-15)32-22(23,24)25/h2-13H,1H3,(H,29,30)(H2,26,27,28,31)/t13-/m1/s1. The number of nitrogens with one attached hydrogen (secondary N) is 3. The fourth-order valence-corrected chi connectivity index (χ4v) is 3.19. The van der Waals surface area contributed by atoms with Gasteiger partial charge in [-0.25, -0.2) is 9.78 Å². The van der Waals surface area contributed by atoms with E-state index in [9.17, 15) is 18.0 Å². The lowest BCUT2D eigenvalue weighted by Gasteiger charge is -2.14. The predicted molar refractivity (Wildman–Crippen MR) is 113 cm³/mol. The van der Waals surface area contributed by atoms with Crippen molar-refractivity contribution in [2.45, 2.75) is 19.3 Å². The number of nitrogens with zero attached hydrogens (tertiary/aromatic N) is 2. The van der Waals surface area contributed by atoms with Crippen molar-refractivity contribution in [1.29, 1.82) is 0 Å². The van der Waals surface area contributed by atoms with E-state index in [-0.39, 0.29) is 11.8 Å². The van der Waals surface area contributed by atoms with Gasteiger partial charge in [0.2, 0.25) is 0 Å². The number of amides is 2. The molecule has 4 rings (SSSR count). The number of H-pyrrole nitrogens is 1. The van der Waals surface area contributed by atoms with Gasteiger partial charge in [0.25, 0.3) is 0 Å². The molecule has 4 aromatic rings. The van der Waals surface area contributed by atoms with Gasteiger partial charge in [0.15, 0.2) is 0 Å². The largest absolute Gasteiger partial charge is 0.573 e. The molecule has 0 bridgehead atoms. The molecule has 1 atom stereocenters. The fraction of sp³-hybridized carbons (Fsp3) is 0.136. The number of halogens is 3. The molecule has 0 aliphatic carbocycles. The summed E-state index contributed by atoms with van der Waals surface area (Å²) >= 11 is 0. The molecule has 32 heavy (non-hydrogen) atoms. The molecule has 2 aromatic heterocycles. The fourth-order valence-electron chi connectivity index (χ4n) is 3.19. The summed E-state index contributed by atoms with van der Waals surface area (Å²) in [6.45, 7) is 1.87. The molecule has 0 radical (unpaired) electrons. The van der Waals surface area contributed by atoms with E-state index in [0.717, 1.165) is 5.56 Å². The highest BCUT2D eigenvalue weighted by Crippen LogP contribution is 2.30. The highest BCUT2D eigenvalue weighted by Gasteiger charge is 2.31. The number of fused-ring (bicyclic) bond motifs is 1. The van der Waals surface area contributed by atoms with E-state index in [0.29, 0.717) is 28.0 Å². The molecular weight excluding hydrogens is 423 g/mol. The summed E-state index contributed by atoms with van der Waals surface area (Å²) in [4.78, 5) is 16.6. The van der Waals surface area contributed by atoms with Gasteiger partial charge in [0, 0.05) is 23.2 Å². The van der Waals surface area contributed by atoms with Gasteiger partial charge >= 0.3 is 12.4 Å². The van der Waals surface area contributed by atoms with E-state index in [2.05, 4.69) is 30.6 Å². The van der Waals surface area contributed by atoms with Crippen LogP contribution in [-0.2, 0) is 0 Å². The van der Waals surface area contributed by atoms with Crippen LogP contribution in [0.25, 0.3) is 22.2 Å². The van der Waals surface area contributed by atoms with Crippen molar-refractivity contribution in [3.63, 3.8) is 0 Å². The molecule has 7 nitrogen and oxygen atoms in total. The van der Waals surface area contributed by atoms with Gasteiger partial charge in [-0.05, 0) is 36.8 Å². The Hall–Kier alpha value is -4.08. The van der Waals surface area contributed by atoms with E-state index in [1.54, 1.807) is 6.07 Å². The maximum atomic E-state index is 12.3. The van der Waals surface area contributed by atoms with Gasteiger partial charge < -0.3 is 10.1 Å².